The molecule has 0 aliphatic heterocycles. The van der Waals surface area contributed by atoms with Gasteiger partial charge in [0.15, 0.2) is 0 Å². The molecule has 5 heteroatoms. The topological polar surface area (TPSA) is 77.8 Å². The van der Waals surface area contributed by atoms with Crippen molar-refractivity contribution in [3.05, 3.63) is 24.3 Å². The van der Waals surface area contributed by atoms with Crippen LogP contribution in [0, 0.1) is 11.8 Å². The molecule has 1 aliphatic rings. The van der Waals surface area contributed by atoms with Crippen molar-refractivity contribution in [2.75, 3.05) is 0 Å². The summed E-state index contributed by atoms with van der Waals surface area (Å²) < 4.78 is 14.2. The van der Waals surface area contributed by atoms with E-state index in [1.54, 1.807) is 12.2 Å². The highest BCUT2D eigenvalue weighted by atomic mass is 19.1. The van der Waals surface area contributed by atoms with Crippen molar-refractivity contribution in [3.63, 3.8) is 0 Å². The minimum Gasteiger partial charge on any atom is -0.481 e. The van der Waals surface area contributed by atoms with E-state index in [1.165, 1.54) is 0 Å². The number of hydrogen-bond acceptors (Lipinski definition) is 3. The van der Waals surface area contributed by atoms with Gasteiger partial charge in [-0.2, -0.15) is 0 Å². The number of aliphatic hydroxyl groups excluding tert-OH is 2. The van der Waals surface area contributed by atoms with Gasteiger partial charge in [-0.3, -0.25) is 4.79 Å². The smallest absolute Gasteiger partial charge is 0.303 e. The maximum absolute atomic E-state index is 14.2. The van der Waals surface area contributed by atoms with Gasteiger partial charge in [-0.1, -0.05) is 50.5 Å². The third-order valence-corrected chi connectivity index (χ3v) is 4.87. The minimum absolute atomic E-state index is 0.137. The first-order valence-corrected chi connectivity index (χ1v) is 9.51. The second kappa shape index (κ2) is 12.2. The third-order valence-electron chi connectivity index (χ3n) is 4.87. The number of allylic oxidation sites excluding steroid dienone is 3. The van der Waals surface area contributed by atoms with Gasteiger partial charge in [0.2, 0.25) is 0 Å². The molecule has 0 spiro atoms. The number of aliphatic hydroxyl groups is 2. The fraction of sp³-hybridized carbons (Fsp3) is 0.750. The minimum atomic E-state index is -1.08. The van der Waals surface area contributed by atoms with Crippen LogP contribution in [0.4, 0.5) is 4.39 Å². The molecule has 0 aromatic heterocycles. The molecule has 3 N–H and O–H groups in total. The monoisotopic (exact) mass is 356 g/mol. The lowest BCUT2D eigenvalue weighted by Crippen LogP contribution is -2.19. The molecule has 144 valence electrons. The largest absolute Gasteiger partial charge is 0.481 e. The van der Waals surface area contributed by atoms with Crippen molar-refractivity contribution in [2.45, 2.75) is 83.1 Å². The zero-order valence-electron chi connectivity index (χ0n) is 15.2. The lowest BCUT2D eigenvalue weighted by atomic mass is 9.90. The van der Waals surface area contributed by atoms with Gasteiger partial charge < -0.3 is 15.3 Å². The number of hydrogen-bond donors (Lipinski definition) is 3. The summed E-state index contributed by atoms with van der Waals surface area (Å²) in [6, 6.07) is 0. The highest BCUT2D eigenvalue weighted by molar-refractivity contribution is 5.66. The van der Waals surface area contributed by atoms with E-state index in [1.807, 2.05) is 12.2 Å². The summed E-state index contributed by atoms with van der Waals surface area (Å²) in [5.41, 5.74) is 0. The predicted octanol–water partition coefficient (Wildman–Crippen LogP) is 4.02. The van der Waals surface area contributed by atoms with Gasteiger partial charge in [0.05, 0.1) is 12.2 Å². The van der Waals surface area contributed by atoms with Crippen molar-refractivity contribution in [3.8, 4) is 0 Å². The van der Waals surface area contributed by atoms with E-state index >= 15 is 0 Å². The number of unbranched alkanes of at least 4 members (excludes halogenated alkanes) is 3. The van der Waals surface area contributed by atoms with E-state index < -0.39 is 24.3 Å². The molecule has 0 amide bonds. The highest BCUT2D eigenvalue weighted by Gasteiger charge is 2.40. The van der Waals surface area contributed by atoms with E-state index in [0.717, 1.165) is 19.3 Å². The first-order chi connectivity index (χ1) is 12.0. The van der Waals surface area contributed by atoms with Crippen LogP contribution in [-0.4, -0.2) is 39.7 Å². The first-order valence-electron chi connectivity index (χ1n) is 9.51. The molecule has 0 heterocycles. The Morgan fingerprint density at radius 2 is 2.04 bits per heavy atom. The molecule has 5 atom stereocenters. The van der Waals surface area contributed by atoms with Crippen molar-refractivity contribution < 1.29 is 24.5 Å². The first kappa shape index (κ1) is 21.8. The van der Waals surface area contributed by atoms with E-state index in [0.29, 0.717) is 25.7 Å². The van der Waals surface area contributed by atoms with Crippen LogP contribution in [0.1, 0.15) is 64.7 Å². The Labute approximate surface area is 150 Å². The van der Waals surface area contributed by atoms with E-state index in [9.17, 15) is 19.4 Å². The van der Waals surface area contributed by atoms with Gasteiger partial charge in [-0.25, -0.2) is 4.39 Å². The average molecular weight is 356 g/mol. The summed E-state index contributed by atoms with van der Waals surface area (Å²) in [5, 5.41) is 28.6. The van der Waals surface area contributed by atoms with Crippen LogP contribution < -0.4 is 0 Å². The molecule has 0 saturated heterocycles. The molecule has 0 radical (unpaired) electrons. The number of carboxylic acid groups (broad SMARTS) is 1. The molecule has 4 nitrogen and oxygen atoms in total. The summed E-state index contributed by atoms with van der Waals surface area (Å²) in [6.45, 7) is 2.11. The van der Waals surface area contributed by atoms with Crippen molar-refractivity contribution in [1.29, 1.82) is 0 Å². The third kappa shape index (κ3) is 8.63. The number of carbonyl (C=O) groups is 1. The maximum atomic E-state index is 14.2. The van der Waals surface area contributed by atoms with Crippen molar-refractivity contribution >= 4 is 5.97 Å². The number of aliphatic carboxylic acids is 1. The molecule has 1 rings (SSSR count). The van der Waals surface area contributed by atoms with E-state index in [-0.39, 0.29) is 24.7 Å². The Morgan fingerprint density at radius 1 is 1.28 bits per heavy atom. The van der Waals surface area contributed by atoms with Crippen molar-refractivity contribution in [1.82, 2.24) is 0 Å². The second-order valence-electron chi connectivity index (χ2n) is 7.00. The molecule has 0 aromatic carbocycles. The highest BCUT2D eigenvalue weighted by Crippen LogP contribution is 2.38. The van der Waals surface area contributed by atoms with Gasteiger partial charge in [0.25, 0.3) is 0 Å². The van der Waals surface area contributed by atoms with Crippen LogP contribution in [0.5, 0.6) is 0 Å². The second-order valence-corrected chi connectivity index (χ2v) is 7.00. The quantitative estimate of drug-likeness (QED) is 0.364. The van der Waals surface area contributed by atoms with Crippen LogP contribution >= 0.6 is 0 Å². The summed E-state index contributed by atoms with van der Waals surface area (Å²) in [7, 11) is 0. The maximum Gasteiger partial charge on any atom is 0.303 e. The van der Waals surface area contributed by atoms with Crippen LogP contribution in [0.2, 0.25) is 0 Å². The van der Waals surface area contributed by atoms with Crippen LogP contribution in [-0.2, 0) is 4.79 Å². The Balaban J connectivity index is 2.46. The number of carboxylic acids is 1. The standard InChI is InChI=1S/C20H33FO4/c1-2-3-6-9-15(22)12-13-16-17(19(23)14-18(16)21)10-7-4-5-8-11-20(24)25/h4,7,12-13,15-19,22-23H,2-3,5-6,8-11,14H2,1H3,(H,24,25)/t15-,16-,17+,18+,19-/m0/s1. The molecular weight excluding hydrogens is 323 g/mol. The lowest BCUT2D eigenvalue weighted by Gasteiger charge is -2.19. The molecule has 0 bridgehead atoms. The van der Waals surface area contributed by atoms with Gasteiger partial charge in [0, 0.05) is 18.8 Å². The van der Waals surface area contributed by atoms with Gasteiger partial charge >= 0.3 is 5.97 Å². The molecule has 0 unspecified atom stereocenters. The summed E-state index contributed by atoms with van der Waals surface area (Å²) in [5.74, 6) is -1.37. The van der Waals surface area contributed by atoms with Crippen LogP contribution in [0.15, 0.2) is 24.3 Å². The number of rotatable bonds is 12. The Kier molecular flexibility index (Phi) is 10.7. The number of alkyl halides is 1. The van der Waals surface area contributed by atoms with Crippen LogP contribution in [0.25, 0.3) is 0 Å². The average Bonchev–Trinajstić information content (AvgIpc) is 2.82. The molecule has 25 heavy (non-hydrogen) atoms. The zero-order valence-corrected chi connectivity index (χ0v) is 15.2. The fourth-order valence-electron chi connectivity index (χ4n) is 3.36. The fourth-order valence-corrected chi connectivity index (χ4v) is 3.36. The molecular formula is C20H33FO4. The van der Waals surface area contributed by atoms with Crippen molar-refractivity contribution in [2.24, 2.45) is 11.8 Å². The summed E-state index contributed by atoms with van der Waals surface area (Å²) in [4.78, 5) is 10.4. The summed E-state index contributed by atoms with van der Waals surface area (Å²) >= 11 is 0. The predicted molar refractivity (Wildman–Crippen MR) is 97.0 cm³/mol. The molecule has 0 aromatic rings. The SMILES string of the molecule is CCCCC[C@H](O)C=C[C@H]1[C@@H](CC=CCCCC(=O)O)[C@@H](O)C[C@H]1F. The Bertz CT molecular complexity index is 435. The van der Waals surface area contributed by atoms with E-state index in [2.05, 4.69) is 6.92 Å². The zero-order chi connectivity index (χ0) is 18.7. The molecule has 1 fully saturated rings. The number of halogens is 1. The van der Waals surface area contributed by atoms with Gasteiger partial charge in [0.1, 0.15) is 6.17 Å². The Hall–Kier alpha value is -1.20. The normalized spacial score (nSPS) is 28.2. The van der Waals surface area contributed by atoms with Gasteiger partial charge in [-0.15, -0.1) is 0 Å². The van der Waals surface area contributed by atoms with Crippen LogP contribution in [0.3, 0.4) is 0 Å². The molecule has 1 aliphatic carbocycles. The van der Waals surface area contributed by atoms with E-state index in [4.69, 9.17) is 5.11 Å². The lowest BCUT2D eigenvalue weighted by molar-refractivity contribution is -0.137. The summed E-state index contributed by atoms with van der Waals surface area (Å²) in [6.07, 6.45) is 10.8. The van der Waals surface area contributed by atoms with Gasteiger partial charge in [-0.05, 0) is 31.6 Å². The molecule has 1 saturated carbocycles. The Morgan fingerprint density at radius 3 is 2.72 bits per heavy atom.